The van der Waals surface area contributed by atoms with Crippen LogP contribution >= 0.6 is 27.7 Å². The second-order valence-corrected chi connectivity index (χ2v) is 6.08. The third-order valence-electron chi connectivity index (χ3n) is 2.61. The summed E-state index contributed by atoms with van der Waals surface area (Å²) in [5, 5.41) is 5.09. The van der Waals surface area contributed by atoms with Gasteiger partial charge in [-0.25, -0.2) is 0 Å². The largest absolute Gasteiger partial charge is 0.335 e. The maximum Gasteiger partial charge on any atom is 0.161 e. The average Bonchev–Trinajstić information content (AvgIpc) is 2.71. The van der Waals surface area contributed by atoms with Crippen molar-refractivity contribution in [3.8, 4) is 0 Å². The Morgan fingerprint density at radius 1 is 1.56 bits per heavy atom. The van der Waals surface area contributed by atoms with Crippen LogP contribution in [0.3, 0.4) is 0 Å². The molecule has 0 radical (unpaired) electrons. The summed E-state index contributed by atoms with van der Waals surface area (Å²) in [4.78, 5) is 4.51. The van der Waals surface area contributed by atoms with E-state index in [0.29, 0.717) is 5.25 Å². The van der Waals surface area contributed by atoms with Gasteiger partial charge in [0.25, 0.3) is 0 Å². The number of hydrogen-bond donors (Lipinski definition) is 1. The second-order valence-electron chi connectivity index (χ2n) is 3.88. The van der Waals surface area contributed by atoms with Crippen LogP contribution in [0.5, 0.6) is 0 Å². The molecule has 1 aromatic carbocycles. The summed E-state index contributed by atoms with van der Waals surface area (Å²) >= 11 is 5.33. The number of aliphatic imine (C=N–C) groups is 1. The number of benzene rings is 1. The molecule has 0 spiro atoms. The number of nitrogens with zero attached hydrogens (tertiary/aromatic N) is 1. The van der Waals surface area contributed by atoms with E-state index in [4.69, 9.17) is 0 Å². The van der Waals surface area contributed by atoms with Gasteiger partial charge in [0.1, 0.15) is 0 Å². The van der Waals surface area contributed by atoms with Gasteiger partial charge in [-0.2, -0.15) is 0 Å². The molecule has 1 aromatic rings. The molecule has 0 bridgehead atoms. The maximum absolute atomic E-state index is 4.51. The molecule has 0 fully saturated rings. The van der Waals surface area contributed by atoms with Crippen LogP contribution in [0.25, 0.3) is 0 Å². The van der Waals surface area contributed by atoms with Crippen molar-refractivity contribution in [1.29, 1.82) is 0 Å². The van der Waals surface area contributed by atoms with Crippen molar-refractivity contribution < 1.29 is 0 Å². The number of nitrogens with one attached hydrogen (secondary N) is 1. The molecule has 0 saturated carbocycles. The molecule has 4 heteroatoms. The number of hydrogen-bond acceptors (Lipinski definition) is 3. The van der Waals surface area contributed by atoms with Crippen molar-refractivity contribution in [2.75, 3.05) is 11.9 Å². The Balaban J connectivity index is 2.07. The SMILES string of the molecule is CCC1CN=C(Nc2cc(Br)ccc2C)S1. The van der Waals surface area contributed by atoms with E-state index in [1.165, 1.54) is 12.0 Å². The van der Waals surface area contributed by atoms with Crippen molar-refractivity contribution in [2.24, 2.45) is 4.99 Å². The number of thioether (sulfide) groups is 1. The summed E-state index contributed by atoms with van der Waals surface area (Å²) < 4.78 is 1.09. The molecule has 1 N–H and O–H groups in total. The number of rotatable bonds is 2. The molecule has 0 saturated heterocycles. The van der Waals surface area contributed by atoms with Gasteiger partial charge in [-0.05, 0) is 31.0 Å². The number of halogens is 1. The zero-order valence-electron chi connectivity index (χ0n) is 9.46. The molecule has 2 rings (SSSR count). The van der Waals surface area contributed by atoms with E-state index in [2.05, 4.69) is 58.3 Å². The van der Waals surface area contributed by atoms with Gasteiger partial charge in [-0.3, -0.25) is 4.99 Å². The van der Waals surface area contributed by atoms with Crippen molar-refractivity contribution in [3.63, 3.8) is 0 Å². The Morgan fingerprint density at radius 3 is 3.06 bits per heavy atom. The molecule has 1 unspecified atom stereocenters. The monoisotopic (exact) mass is 298 g/mol. The molecule has 0 aliphatic carbocycles. The van der Waals surface area contributed by atoms with E-state index in [-0.39, 0.29) is 0 Å². The minimum Gasteiger partial charge on any atom is -0.335 e. The number of aryl methyl sites for hydroxylation is 1. The first-order valence-corrected chi connectivity index (χ1v) is 7.10. The lowest BCUT2D eigenvalue weighted by atomic mass is 10.2. The van der Waals surface area contributed by atoms with Gasteiger partial charge >= 0.3 is 0 Å². The Bertz CT molecular complexity index is 417. The zero-order chi connectivity index (χ0) is 11.5. The predicted octanol–water partition coefficient (Wildman–Crippen LogP) is 4.05. The Kier molecular flexibility index (Phi) is 3.92. The van der Waals surface area contributed by atoms with Gasteiger partial charge in [0.2, 0.25) is 0 Å². The van der Waals surface area contributed by atoms with Gasteiger partial charge < -0.3 is 5.32 Å². The van der Waals surface area contributed by atoms with Crippen LogP contribution < -0.4 is 5.32 Å². The maximum atomic E-state index is 4.51. The highest BCUT2D eigenvalue weighted by molar-refractivity contribution is 9.10. The minimum absolute atomic E-state index is 0.648. The van der Waals surface area contributed by atoms with Crippen LogP contribution in [-0.4, -0.2) is 17.0 Å². The van der Waals surface area contributed by atoms with Gasteiger partial charge in [-0.1, -0.05) is 40.7 Å². The zero-order valence-corrected chi connectivity index (χ0v) is 11.9. The van der Waals surface area contributed by atoms with Gasteiger partial charge in [0.15, 0.2) is 5.17 Å². The minimum atomic E-state index is 0.648. The summed E-state index contributed by atoms with van der Waals surface area (Å²) in [6.07, 6.45) is 1.18. The molecule has 1 atom stereocenters. The normalized spacial score (nSPS) is 19.7. The van der Waals surface area contributed by atoms with E-state index in [9.17, 15) is 0 Å². The lowest BCUT2D eigenvalue weighted by Crippen LogP contribution is -2.07. The molecule has 1 aliphatic rings. The summed E-state index contributed by atoms with van der Waals surface area (Å²) in [5.41, 5.74) is 2.38. The Hall–Kier alpha value is -0.480. The molecule has 2 nitrogen and oxygen atoms in total. The van der Waals surface area contributed by atoms with Crippen LogP contribution in [0.15, 0.2) is 27.7 Å². The highest BCUT2D eigenvalue weighted by Crippen LogP contribution is 2.27. The third-order valence-corrected chi connectivity index (χ3v) is 4.38. The highest BCUT2D eigenvalue weighted by atomic mass is 79.9. The van der Waals surface area contributed by atoms with Crippen molar-refractivity contribution >= 4 is 38.5 Å². The lowest BCUT2D eigenvalue weighted by Gasteiger charge is -2.10. The lowest BCUT2D eigenvalue weighted by molar-refractivity contribution is 0.843. The topological polar surface area (TPSA) is 24.4 Å². The van der Waals surface area contributed by atoms with Crippen LogP contribution in [0, 0.1) is 6.92 Å². The molecule has 1 aliphatic heterocycles. The summed E-state index contributed by atoms with van der Waals surface area (Å²) in [6.45, 7) is 5.25. The number of amidine groups is 1. The third kappa shape index (κ3) is 2.80. The molecule has 16 heavy (non-hydrogen) atoms. The molecule has 86 valence electrons. The van der Waals surface area contributed by atoms with E-state index in [0.717, 1.165) is 21.9 Å². The summed E-state index contributed by atoms with van der Waals surface area (Å²) in [7, 11) is 0. The van der Waals surface area contributed by atoms with Gasteiger partial charge in [0.05, 0.1) is 6.54 Å². The fourth-order valence-corrected chi connectivity index (χ4v) is 2.85. The molecular formula is C12H15BrN2S. The van der Waals surface area contributed by atoms with E-state index in [1.54, 1.807) is 0 Å². The highest BCUT2D eigenvalue weighted by Gasteiger charge is 2.17. The summed E-state index contributed by atoms with van der Waals surface area (Å²) in [6, 6.07) is 6.25. The first-order valence-electron chi connectivity index (χ1n) is 5.43. The smallest absolute Gasteiger partial charge is 0.161 e. The van der Waals surface area contributed by atoms with Crippen LogP contribution in [0.2, 0.25) is 0 Å². The van der Waals surface area contributed by atoms with E-state index < -0.39 is 0 Å². The van der Waals surface area contributed by atoms with Crippen LogP contribution in [-0.2, 0) is 0 Å². The molecule has 1 heterocycles. The fraction of sp³-hybridized carbons (Fsp3) is 0.417. The Morgan fingerprint density at radius 2 is 2.38 bits per heavy atom. The van der Waals surface area contributed by atoms with Gasteiger partial charge in [0, 0.05) is 15.4 Å². The standard InChI is InChI=1S/C12H15BrN2S/c1-3-10-7-14-12(16-10)15-11-6-9(13)5-4-8(11)2/h4-6,10H,3,7H2,1-2H3,(H,14,15). The van der Waals surface area contributed by atoms with Gasteiger partial charge in [-0.15, -0.1) is 0 Å². The first kappa shape index (κ1) is 12.0. The summed E-state index contributed by atoms with van der Waals surface area (Å²) in [5.74, 6) is 0. The number of anilines is 1. The molecule has 0 aromatic heterocycles. The quantitative estimate of drug-likeness (QED) is 0.891. The average molecular weight is 299 g/mol. The molecular weight excluding hydrogens is 284 g/mol. The van der Waals surface area contributed by atoms with E-state index in [1.807, 2.05) is 11.8 Å². The predicted molar refractivity (Wildman–Crippen MR) is 76.5 cm³/mol. The second kappa shape index (κ2) is 5.23. The van der Waals surface area contributed by atoms with Crippen molar-refractivity contribution in [1.82, 2.24) is 0 Å². The van der Waals surface area contributed by atoms with Crippen LogP contribution in [0.4, 0.5) is 5.69 Å². The van der Waals surface area contributed by atoms with Crippen molar-refractivity contribution in [3.05, 3.63) is 28.2 Å². The van der Waals surface area contributed by atoms with Crippen molar-refractivity contribution in [2.45, 2.75) is 25.5 Å². The molecule has 0 amide bonds. The fourth-order valence-electron chi connectivity index (χ4n) is 1.54. The van der Waals surface area contributed by atoms with Crippen LogP contribution in [0.1, 0.15) is 18.9 Å². The first-order chi connectivity index (χ1) is 7.69. The van der Waals surface area contributed by atoms with E-state index >= 15 is 0 Å². The Labute approximate surface area is 109 Å².